The molecule has 2 N–H and O–H groups in total. The molecule has 0 bridgehead atoms. The van der Waals surface area contributed by atoms with Crippen molar-refractivity contribution >= 4 is 23.0 Å². The number of amidine groups is 1. The number of pyridine rings is 1. The molecule has 0 unspecified atom stereocenters. The average molecular weight is 414 g/mol. The zero-order chi connectivity index (χ0) is 21.8. The molecule has 2 aromatic rings. The SMILES string of the molecule is CC(=O)c1ccc(C2=C(C)CCC(=Nc3ccc(F)c(F)c3)NN2C[C@H](C)O)cn1. The van der Waals surface area contributed by atoms with Gasteiger partial charge in [0, 0.05) is 31.2 Å². The number of Topliss-reactive ketones (excluding diaryl/α,β-unsaturated/α-hetero) is 1. The number of carbonyl (C=O) groups is 1. The number of aliphatic hydroxyl groups excluding tert-OH is 1. The van der Waals surface area contributed by atoms with Crippen LogP contribution in [-0.4, -0.2) is 39.4 Å². The van der Waals surface area contributed by atoms with Crippen molar-refractivity contribution in [2.45, 2.75) is 39.7 Å². The van der Waals surface area contributed by atoms with Gasteiger partial charge in [-0.1, -0.05) is 0 Å². The van der Waals surface area contributed by atoms with Crippen LogP contribution in [0.1, 0.15) is 49.7 Å². The number of halogens is 2. The van der Waals surface area contributed by atoms with Crippen molar-refractivity contribution < 1.29 is 18.7 Å². The molecule has 30 heavy (non-hydrogen) atoms. The summed E-state index contributed by atoms with van der Waals surface area (Å²) in [5.41, 5.74) is 6.53. The molecule has 1 aromatic heterocycles. The number of hydrazine groups is 1. The Balaban J connectivity index is 1.95. The van der Waals surface area contributed by atoms with E-state index >= 15 is 0 Å². The van der Waals surface area contributed by atoms with E-state index in [4.69, 9.17) is 0 Å². The van der Waals surface area contributed by atoms with E-state index in [2.05, 4.69) is 15.4 Å². The molecule has 1 aliphatic rings. The summed E-state index contributed by atoms with van der Waals surface area (Å²) in [7, 11) is 0. The maximum atomic E-state index is 13.5. The highest BCUT2D eigenvalue weighted by Crippen LogP contribution is 2.28. The molecule has 8 heteroatoms. The molecule has 1 aliphatic heterocycles. The number of aliphatic hydroxyl groups is 1. The van der Waals surface area contributed by atoms with Crippen molar-refractivity contribution in [3.63, 3.8) is 0 Å². The number of rotatable bonds is 5. The first kappa shape index (κ1) is 21.6. The van der Waals surface area contributed by atoms with Gasteiger partial charge in [-0.2, -0.15) is 0 Å². The summed E-state index contributed by atoms with van der Waals surface area (Å²) in [6, 6.07) is 6.97. The molecular weight excluding hydrogens is 390 g/mol. The zero-order valence-corrected chi connectivity index (χ0v) is 17.1. The summed E-state index contributed by atoms with van der Waals surface area (Å²) in [5, 5.41) is 11.8. The second kappa shape index (κ2) is 9.13. The van der Waals surface area contributed by atoms with E-state index in [-0.39, 0.29) is 12.3 Å². The number of benzene rings is 1. The number of nitrogens with zero attached hydrogens (tertiary/aromatic N) is 3. The van der Waals surface area contributed by atoms with Gasteiger partial charge in [-0.15, -0.1) is 0 Å². The van der Waals surface area contributed by atoms with E-state index in [0.29, 0.717) is 30.1 Å². The van der Waals surface area contributed by atoms with Crippen LogP contribution >= 0.6 is 0 Å². The van der Waals surface area contributed by atoms with Crippen LogP contribution < -0.4 is 5.43 Å². The number of nitrogens with one attached hydrogen (secondary N) is 1. The largest absolute Gasteiger partial charge is 0.391 e. The topological polar surface area (TPSA) is 77.8 Å². The molecule has 0 saturated heterocycles. The second-order valence-corrected chi connectivity index (χ2v) is 7.35. The van der Waals surface area contributed by atoms with Gasteiger partial charge in [0.25, 0.3) is 0 Å². The van der Waals surface area contributed by atoms with E-state index in [1.807, 2.05) is 13.0 Å². The van der Waals surface area contributed by atoms with E-state index in [1.165, 1.54) is 13.0 Å². The third-order valence-corrected chi connectivity index (χ3v) is 4.69. The van der Waals surface area contributed by atoms with Crippen molar-refractivity contribution in [2.75, 3.05) is 6.54 Å². The second-order valence-electron chi connectivity index (χ2n) is 7.35. The molecule has 1 atom stereocenters. The fourth-order valence-electron chi connectivity index (χ4n) is 3.26. The number of allylic oxidation sites excluding steroid dienone is 1. The summed E-state index contributed by atoms with van der Waals surface area (Å²) >= 11 is 0. The normalized spacial score (nSPS) is 17.0. The molecule has 0 amide bonds. The maximum absolute atomic E-state index is 13.5. The van der Waals surface area contributed by atoms with Crippen molar-refractivity contribution in [1.29, 1.82) is 0 Å². The fourth-order valence-corrected chi connectivity index (χ4v) is 3.26. The van der Waals surface area contributed by atoms with Gasteiger partial charge < -0.3 is 5.11 Å². The minimum atomic E-state index is -0.960. The minimum absolute atomic E-state index is 0.118. The maximum Gasteiger partial charge on any atom is 0.178 e. The molecule has 0 spiro atoms. The van der Waals surface area contributed by atoms with E-state index in [1.54, 1.807) is 24.2 Å². The van der Waals surface area contributed by atoms with Gasteiger partial charge in [0.1, 0.15) is 11.5 Å². The Morgan fingerprint density at radius 1 is 1.27 bits per heavy atom. The van der Waals surface area contributed by atoms with E-state index in [0.717, 1.165) is 29.0 Å². The van der Waals surface area contributed by atoms with Crippen LogP contribution in [0.4, 0.5) is 14.5 Å². The number of ketones is 1. The highest BCUT2D eigenvalue weighted by molar-refractivity contribution is 5.92. The summed E-state index contributed by atoms with van der Waals surface area (Å²) in [6.07, 6.45) is 2.19. The van der Waals surface area contributed by atoms with Crippen LogP contribution in [0.25, 0.3) is 5.70 Å². The van der Waals surface area contributed by atoms with Gasteiger partial charge in [-0.3, -0.25) is 20.2 Å². The zero-order valence-electron chi connectivity index (χ0n) is 17.1. The number of β-amino-alcohol motifs (C(OH)–C–C–N with tert-alkyl or cyclic N) is 1. The van der Waals surface area contributed by atoms with Crippen LogP contribution in [0.15, 0.2) is 47.1 Å². The Morgan fingerprint density at radius 2 is 2.03 bits per heavy atom. The molecule has 2 heterocycles. The summed E-state index contributed by atoms with van der Waals surface area (Å²) < 4.78 is 26.8. The molecule has 0 aliphatic carbocycles. The van der Waals surface area contributed by atoms with Gasteiger partial charge in [0.2, 0.25) is 0 Å². The standard InChI is InChI=1S/C22H24F2N4O2/c1-13-4-9-21(26-17-6-7-18(23)19(24)10-17)27-28(12-14(2)29)22(13)16-5-8-20(15(3)30)25-11-16/h5-8,10-11,14,29H,4,9,12H2,1-3H3,(H,26,27)/t14-/m0/s1. The predicted octanol–water partition coefficient (Wildman–Crippen LogP) is 4.00. The third kappa shape index (κ3) is 5.07. The van der Waals surface area contributed by atoms with Crippen LogP contribution in [0.3, 0.4) is 0 Å². The Bertz CT molecular complexity index is 1000. The van der Waals surface area contributed by atoms with Crippen molar-refractivity contribution in [3.05, 3.63) is 65.0 Å². The quantitative estimate of drug-likeness (QED) is 0.723. The first-order chi connectivity index (χ1) is 14.2. The molecule has 0 radical (unpaired) electrons. The lowest BCUT2D eigenvalue weighted by Crippen LogP contribution is -2.43. The lowest BCUT2D eigenvalue weighted by molar-refractivity contribution is 0.101. The van der Waals surface area contributed by atoms with Crippen LogP contribution in [0.2, 0.25) is 0 Å². The Kier molecular flexibility index (Phi) is 6.56. The number of carbonyl (C=O) groups excluding carboxylic acids is 1. The Morgan fingerprint density at radius 3 is 2.63 bits per heavy atom. The van der Waals surface area contributed by atoms with E-state index in [9.17, 15) is 18.7 Å². The van der Waals surface area contributed by atoms with Crippen LogP contribution in [-0.2, 0) is 0 Å². The smallest absolute Gasteiger partial charge is 0.178 e. The highest BCUT2D eigenvalue weighted by atomic mass is 19.2. The Labute approximate surface area is 173 Å². The molecule has 0 fully saturated rings. The first-order valence-corrected chi connectivity index (χ1v) is 9.66. The molecule has 3 rings (SSSR count). The van der Waals surface area contributed by atoms with Crippen molar-refractivity contribution in [3.8, 4) is 0 Å². The number of hydrogen-bond donors (Lipinski definition) is 2. The van der Waals surface area contributed by atoms with Crippen LogP contribution in [0.5, 0.6) is 0 Å². The summed E-state index contributed by atoms with van der Waals surface area (Å²) in [4.78, 5) is 20.2. The predicted molar refractivity (Wildman–Crippen MR) is 111 cm³/mol. The first-order valence-electron chi connectivity index (χ1n) is 9.66. The lowest BCUT2D eigenvalue weighted by atomic mass is 10.0. The van der Waals surface area contributed by atoms with Crippen LogP contribution in [0, 0.1) is 11.6 Å². The minimum Gasteiger partial charge on any atom is -0.391 e. The van der Waals surface area contributed by atoms with Gasteiger partial charge >= 0.3 is 0 Å². The number of aliphatic imine (C=N–C) groups is 1. The third-order valence-electron chi connectivity index (χ3n) is 4.69. The van der Waals surface area contributed by atoms with Gasteiger partial charge in [0.15, 0.2) is 17.4 Å². The van der Waals surface area contributed by atoms with Gasteiger partial charge in [-0.05, 0) is 50.1 Å². The molecule has 6 nitrogen and oxygen atoms in total. The molecule has 1 aromatic carbocycles. The Hall–Kier alpha value is -3.13. The van der Waals surface area contributed by atoms with Gasteiger partial charge in [-0.25, -0.2) is 13.8 Å². The molecular formula is C22H24F2N4O2. The lowest BCUT2D eigenvalue weighted by Gasteiger charge is -2.30. The molecule has 0 saturated carbocycles. The number of hydrogen-bond acceptors (Lipinski definition) is 5. The average Bonchev–Trinajstić information content (AvgIpc) is 2.83. The van der Waals surface area contributed by atoms with Crippen molar-refractivity contribution in [1.82, 2.24) is 15.4 Å². The fraction of sp³-hybridized carbons (Fsp3) is 0.318. The highest BCUT2D eigenvalue weighted by Gasteiger charge is 2.22. The van der Waals surface area contributed by atoms with E-state index < -0.39 is 17.7 Å². The number of aromatic nitrogens is 1. The van der Waals surface area contributed by atoms with Gasteiger partial charge in [0.05, 0.1) is 24.0 Å². The molecule has 158 valence electrons. The summed E-state index contributed by atoms with van der Waals surface area (Å²) in [5.74, 6) is -1.44. The monoisotopic (exact) mass is 414 g/mol. The summed E-state index contributed by atoms with van der Waals surface area (Å²) in [6.45, 7) is 5.37. The van der Waals surface area contributed by atoms with Crippen molar-refractivity contribution in [2.24, 2.45) is 4.99 Å².